The van der Waals surface area contributed by atoms with Crippen LogP contribution in [0.4, 0.5) is 5.00 Å². The van der Waals surface area contributed by atoms with Gasteiger partial charge in [0.1, 0.15) is 0 Å². The molecule has 0 N–H and O–H groups in total. The number of nitrogens with zero attached hydrogens (tertiary/aromatic N) is 2. The first kappa shape index (κ1) is 12.3. The van der Waals surface area contributed by atoms with E-state index in [4.69, 9.17) is 11.6 Å². The molecule has 0 radical (unpaired) electrons. The summed E-state index contributed by atoms with van der Waals surface area (Å²) in [6, 6.07) is 2.93. The van der Waals surface area contributed by atoms with Crippen LogP contribution in [-0.2, 0) is 0 Å². The Labute approximate surface area is 107 Å². The van der Waals surface area contributed by atoms with Crippen molar-refractivity contribution in [2.24, 2.45) is 0 Å². The summed E-state index contributed by atoms with van der Waals surface area (Å²) in [6.07, 6.45) is 1.85. The lowest BCUT2D eigenvalue weighted by molar-refractivity contribution is -0.380. The third-order valence-electron chi connectivity index (χ3n) is 2.80. The Morgan fingerprint density at radius 3 is 3.00 bits per heavy atom. The van der Waals surface area contributed by atoms with E-state index in [1.165, 1.54) is 12.1 Å². The molecular weight excluding hydrogens is 264 g/mol. The van der Waals surface area contributed by atoms with Crippen LogP contribution in [0.3, 0.4) is 0 Å². The van der Waals surface area contributed by atoms with Gasteiger partial charge in [0, 0.05) is 24.5 Å². The molecule has 1 aliphatic heterocycles. The fourth-order valence-corrected chi connectivity index (χ4v) is 3.04. The van der Waals surface area contributed by atoms with Crippen LogP contribution in [0.5, 0.6) is 0 Å². The van der Waals surface area contributed by atoms with Gasteiger partial charge in [-0.2, -0.15) is 0 Å². The Morgan fingerprint density at radius 2 is 2.41 bits per heavy atom. The van der Waals surface area contributed by atoms with Gasteiger partial charge in [-0.05, 0) is 18.9 Å². The Kier molecular flexibility index (Phi) is 3.63. The molecule has 0 saturated carbocycles. The molecule has 0 aliphatic carbocycles. The fraction of sp³-hybridized carbons (Fsp3) is 0.500. The number of hydrogen-bond acceptors (Lipinski definition) is 4. The minimum Gasteiger partial charge on any atom is -0.334 e. The molecule has 5 nitrogen and oxygen atoms in total. The zero-order valence-electron chi connectivity index (χ0n) is 8.97. The van der Waals surface area contributed by atoms with Crippen molar-refractivity contribution in [2.75, 3.05) is 12.4 Å². The van der Waals surface area contributed by atoms with E-state index < -0.39 is 4.92 Å². The van der Waals surface area contributed by atoms with Crippen molar-refractivity contribution in [3.63, 3.8) is 0 Å². The lowest BCUT2D eigenvalue weighted by atomic mass is 10.2. The molecule has 1 fully saturated rings. The Bertz CT molecular complexity index is 449. The molecule has 1 saturated heterocycles. The van der Waals surface area contributed by atoms with Crippen LogP contribution in [0.1, 0.15) is 22.5 Å². The number of halogens is 1. The van der Waals surface area contributed by atoms with Crippen LogP contribution in [0.2, 0.25) is 0 Å². The highest BCUT2D eigenvalue weighted by Crippen LogP contribution is 2.28. The third kappa shape index (κ3) is 2.42. The molecule has 92 valence electrons. The molecule has 1 atom stereocenters. The maximum Gasteiger partial charge on any atom is 0.324 e. The average molecular weight is 275 g/mol. The van der Waals surface area contributed by atoms with Crippen molar-refractivity contribution in [1.82, 2.24) is 4.90 Å². The maximum atomic E-state index is 12.1. The molecule has 2 heterocycles. The lowest BCUT2D eigenvalue weighted by Gasteiger charge is -2.21. The largest absolute Gasteiger partial charge is 0.334 e. The highest BCUT2D eigenvalue weighted by molar-refractivity contribution is 7.17. The summed E-state index contributed by atoms with van der Waals surface area (Å²) < 4.78 is 0. The first-order valence-electron chi connectivity index (χ1n) is 5.24. The SMILES string of the molecule is O=C(c1ccc([N+](=O)[O-])s1)N1CCCC1CCl. The molecular formula is C10H11ClN2O3S. The van der Waals surface area contributed by atoms with Crippen LogP contribution in [0, 0.1) is 10.1 Å². The van der Waals surface area contributed by atoms with Gasteiger partial charge in [0.2, 0.25) is 0 Å². The van der Waals surface area contributed by atoms with Crippen molar-refractivity contribution in [1.29, 1.82) is 0 Å². The minimum atomic E-state index is -0.482. The summed E-state index contributed by atoms with van der Waals surface area (Å²) in [5, 5.41) is 10.5. The average Bonchev–Trinajstić information content (AvgIpc) is 2.96. The van der Waals surface area contributed by atoms with Crippen LogP contribution < -0.4 is 0 Å². The topological polar surface area (TPSA) is 63.4 Å². The molecule has 0 aromatic carbocycles. The van der Waals surface area contributed by atoms with E-state index in [0.717, 1.165) is 24.2 Å². The van der Waals surface area contributed by atoms with Crippen molar-refractivity contribution in [2.45, 2.75) is 18.9 Å². The highest BCUT2D eigenvalue weighted by Gasteiger charge is 2.30. The maximum absolute atomic E-state index is 12.1. The molecule has 2 rings (SSSR count). The number of nitro groups is 1. The predicted octanol–water partition coefficient (Wildman–Crippen LogP) is 2.50. The van der Waals surface area contributed by atoms with Crippen molar-refractivity contribution >= 4 is 33.8 Å². The van der Waals surface area contributed by atoms with E-state index in [1.807, 2.05) is 0 Å². The monoisotopic (exact) mass is 274 g/mol. The summed E-state index contributed by atoms with van der Waals surface area (Å²) in [5.41, 5.74) is 0. The number of likely N-dealkylation sites (tertiary alicyclic amines) is 1. The molecule has 1 amide bonds. The molecule has 1 aliphatic rings. The zero-order chi connectivity index (χ0) is 12.4. The van der Waals surface area contributed by atoms with Gasteiger partial charge in [0.15, 0.2) is 0 Å². The smallest absolute Gasteiger partial charge is 0.324 e. The van der Waals surface area contributed by atoms with Gasteiger partial charge >= 0.3 is 5.00 Å². The third-order valence-corrected chi connectivity index (χ3v) is 4.18. The van der Waals surface area contributed by atoms with Gasteiger partial charge in [-0.1, -0.05) is 11.3 Å². The van der Waals surface area contributed by atoms with Crippen molar-refractivity contribution in [3.8, 4) is 0 Å². The number of amides is 1. The summed E-state index contributed by atoms with van der Waals surface area (Å²) in [5.74, 6) is 0.269. The fourth-order valence-electron chi connectivity index (χ4n) is 1.95. The Balaban J connectivity index is 2.16. The molecule has 17 heavy (non-hydrogen) atoms. The molecule has 1 aromatic heterocycles. The zero-order valence-corrected chi connectivity index (χ0v) is 10.5. The van der Waals surface area contributed by atoms with E-state index in [-0.39, 0.29) is 17.0 Å². The number of thiophene rings is 1. The number of rotatable bonds is 3. The van der Waals surface area contributed by atoms with Crippen molar-refractivity contribution in [3.05, 3.63) is 27.1 Å². The van der Waals surface area contributed by atoms with E-state index in [2.05, 4.69) is 0 Å². The molecule has 1 unspecified atom stereocenters. The standard InChI is InChI=1S/C10H11ClN2O3S/c11-6-7-2-1-5-12(7)10(14)8-3-4-9(17-8)13(15)16/h3-4,7H,1-2,5-6H2. The number of hydrogen-bond donors (Lipinski definition) is 0. The van der Waals surface area contributed by atoms with E-state index in [9.17, 15) is 14.9 Å². The predicted molar refractivity (Wildman–Crippen MR) is 65.8 cm³/mol. The second-order valence-corrected chi connectivity index (χ2v) is 5.21. The van der Waals surface area contributed by atoms with E-state index in [1.54, 1.807) is 4.90 Å². The van der Waals surface area contributed by atoms with Crippen LogP contribution >= 0.6 is 22.9 Å². The molecule has 0 bridgehead atoms. The normalized spacial score (nSPS) is 19.6. The van der Waals surface area contributed by atoms with E-state index in [0.29, 0.717) is 17.3 Å². The summed E-state index contributed by atoms with van der Waals surface area (Å²) >= 11 is 6.71. The Morgan fingerprint density at radius 1 is 1.65 bits per heavy atom. The highest BCUT2D eigenvalue weighted by atomic mass is 35.5. The number of carbonyl (C=O) groups is 1. The van der Waals surface area contributed by atoms with Gasteiger partial charge in [-0.3, -0.25) is 14.9 Å². The molecule has 1 aromatic rings. The van der Waals surface area contributed by atoms with Gasteiger partial charge in [0.05, 0.1) is 9.80 Å². The van der Waals surface area contributed by atoms with Gasteiger partial charge in [-0.15, -0.1) is 11.6 Å². The summed E-state index contributed by atoms with van der Waals surface area (Å²) in [7, 11) is 0. The van der Waals surface area contributed by atoms with Crippen LogP contribution in [0.15, 0.2) is 12.1 Å². The second kappa shape index (κ2) is 5.01. The molecule has 0 spiro atoms. The van der Waals surface area contributed by atoms with E-state index >= 15 is 0 Å². The van der Waals surface area contributed by atoms with Crippen LogP contribution in [0.25, 0.3) is 0 Å². The second-order valence-electron chi connectivity index (χ2n) is 3.84. The Hall–Kier alpha value is -1.14. The number of carbonyl (C=O) groups excluding carboxylic acids is 1. The number of alkyl halides is 1. The van der Waals surface area contributed by atoms with Gasteiger partial charge < -0.3 is 4.90 Å². The van der Waals surface area contributed by atoms with Crippen molar-refractivity contribution < 1.29 is 9.72 Å². The summed E-state index contributed by atoms with van der Waals surface area (Å²) in [4.78, 5) is 24.3. The summed E-state index contributed by atoms with van der Waals surface area (Å²) in [6.45, 7) is 0.682. The first-order chi connectivity index (χ1) is 8.13. The minimum absolute atomic E-state index is 0.00466. The first-order valence-corrected chi connectivity index (χ1v) is 6.59. The lowest BCUT2D eigenvalue weighted by Crippen LogP contribution is -2.36. The van der Waals surface area contributed by atoms with Gasteiger partial charge in [0.25, 0.3) is 5.91 Å². The molecule has 7 heteroatoms. The van der Waals surface area contributed by atoms with Gasteiger partial charge in [-0.25, -0.2) is 0 Å². The van der Waals surface area contributed by atoms with Crippen LogP contribution in [-0.4, -0.2) is 34.2 Å². The quantitative estimate of drug-likeness (QED) is 0.483.